The standard InChI is InChI=1S/C21H25N3O4/c1-21(2,17-6-4-3-5-7-17)15-22-18-9-8-16(14-19(18)24(26)27)20(25)23-10-12-28-13-11-23/h3-9,14,22H,10-13,15H2,1-2H3. The molecule has 1 aliphatic rings. The fraction of sp³-hybridized carbons (Fsp3) is 0.381. The van der Waals surface area contributed by atoms with Gasteiger partial charge in [0.1, 0.15) is 5.69 Å². The monoisotopic (exact) mass is 383 g/mol. The SMILES string of the molecule is CC(C)(CNc1ccc(C(=O)N2CCOCC2)cc1[N+](=O)[O-])c1ccccc1. The third-order valence-corrected chi connectivity index (χ3v) is 5.02. The molecule has 1 amide bonds. The maximum absolute atomic E-state index is 12.6. The van der Waals surface area contributed by atoms with Crippen molar-refractivity contribution >= 4 is 17.3 Å². The lowest BCUT2D eigenvalue weighted by Crippen LogP contribution is -2.40. The largest absolute Gasteiger partial charge is 0.379 e. The van der Waals surface area contributed by atoms with Crippen LogP contribution in [0.25, 0.3) is 0 Å². The first kappa shape index (κ1) is 19.8. The summed E-state index contributed by atoms with van der Waals surface area (Å²) in [7, 11) is 0. The molecule has 28 heavy (non-hydrogen) atoms. The Kier molecular flexibility index (Phi) is 5.94. The highest BCUT2D eigenvalue weighted by Crippen LogP contribution is 2.29. The summed E-state index contributed by atoms with van der Waals surface area (Å²) in [4.78, 5) is 25.4. The number of nitrogens with one attached hydrogen (secondary N) is 1. The van der Waals surface area contributed by atoms with E-state index in [1.54, 1.807) is 17.0 Å². The smallest absolute Gasteiger partial charge is 0.293 e. The molecule has 1 aliphatic heterocycles. The van der Waals surface area contributed by atoms with E-state index in [0.717, 1.165) is 5.56 Å². The number of carbonyl (C=O) groups excluding carboxylic acids is 1. The summed E-state index contributed by atoms with van der Waals surface area (Å²) in [6.45, 7) is 6.66. The molecule has 0 radical (unpaired) electrons. The van der Waals surface area contributed by atoms with Gasteiger partial charge in [0.25, 0.3) is 11.6 Å². The second kappa shape index (κ2) is 8.39. The molecule has 2 aromatic rings. The first-order valence-electron chi connectivity index (χ1n) is 9.33. The van der Waals surface area contributed by atoms with Crippen LogP contribution in [-0.4, -0.2) is 48.6 Å². The summed E-state index contributed by atoms with van der Waals surface area (Å²) in [6, 6.07) is 14.6. The van der Waals surface area contributed by atoms with Crippen LogP contribution in [0.4, 0.5) is 11.4 Å². The molecule has 2 aromatic carbocycles. The van der Waals surface area contributed by atoms with Crippen molar-refractivity contribution in [1.82, 2.24) is 4.90 Å². The molecule has 1 heterocycles. The van der Waals surface area contributed by atoms with Crippen LogP contribution in [0.5, 0.6) is 0 Å². The van der Waals surface area contributed by atoms with Gasteiger partial charge in [0.05, 0.1) is 18.1 Å². The Balaban J connectivity index is 1.78. The van der Waals surface area contributed by atoms with Gasteiger partial charge in [-0.25, -0.2) is 0 Å². The molecule has 148 valence electrons. The number of amides is 1. The Labute approximate surface area is 164 Å². The highest BCUT2D eigenvalue weighted by Gasteiger charge is 2.25. The summed E-state index contributed by atoms with van der Waals surface area (Å²) in [5.41, 5.74) is 1.57. The molecule has 0 atom stereocenters. The van der Waals surface area contributed by atoms with E-state index >= 15 is 0 Å². The van der Waals surface area contributed by atoms with E-state index in [-0.39, 0.29) is 17.0 Å². The number of carbonyl (C=O) groups is 1. The lowest BCUT2D eigenvalue weighted by atomic mass is 9.84. The summed E-state index contributed by atoms with van der Waals surface area (Å²) < 4.78 is 5.25. The van der Waals surface area contributed by atoms with Crippen LogP contribution in [0.2, 0.25) is 0 Å². The number of benzene rings is 2. The zero-order valence-electron chi connectivity index (χ0n) is 16.2. The number of nitro benzene ring substituents is 1. The lowest BCUT2D eigenvalue weighted by Gasteiger charge is -2.27. The fourth-order valence-electron chi connectivity index (χ4n) is 3.22. The lowest BCUT2D eigenvalue weighted by molar-refractivity contribution is -0.384. The van der Waals surface area contributed by atoms with Crippen LogP contribution in [0.1, 0.15) is 29.8 Å². The molecule has 1 saturated heterocycles. The van der Waals surface area contributed by atoms with Crippen molar-refractivity contribution < 1.29 is 14.5 Å². The van der Waals surface area contributed by atoms with Crippen LogP contribution in [-0.2, 0) is 10.2 Å². The van der Waals surface area contributed by atoms with E-state index < -0.39 is 4.92 Å². The van der Waals surface area contributed by atoms with Crippen LogP contribution in [0, 0.1) is 10.1 Å². The Morgan fingerprint density at radius 1 is 1.18 bits per heavy atom. The summed E-state index contributed by atoms with van der Waals surface area (Å²) in [5.74, 6) is -0.206. The van der Waals surface area contributed by atoms with Gasteiger partial charge in [0, 0.05) is 36.7 Å². The van der Waals surface area contributed by atoms with E-state index in [4.69, 9.17) is 4.74 Å². The second-order valence-electron chi connectivity index (χ2n) is 7.50. The maximum atomic E-state index is 12.6. The van der Waals surface area contributed by atoms with E-state index in [2.05, 4.69) is 19.2 Å². The van der Waals surface area contributed by atoms with Gasteiger partial charge >= 0.3 is 0 Å². The summed E-state index contributed by atoms with van der Waals surface area (Å²) >= 11 is 0. The Bertz CT molecular complexity index is 846. The third kappa shape index (κ3) is 4.48. The number of rotatable bonds is 6. The summed E-state index contributed by atoms with van der Waals surface area (Å²) in [5, 5.41) is 14.8. The van der Waals surface area contributed by atoms with Crippen LogP contribution < -0.4 is 5.32 Å². The number of nitro groups is 1. The minimum Gasteiger partial charge on any atom is -0.379 e. The molecule has 0 aliphatic carbocycles. The molecular weight excluding hydrogens is 358 g/mol. The van der Waals surface area contributed by atoms with Gasteiger partial charge in [0.2, 0.25) is 0 Å². The number of ether oxygens (including phenoxy) is 1. The van der Waals surface area contributed by atoms with Gasteiger partial charge in [-0.1, -0.05) is 44.2 Å². The number of nitrogens with zero attached hydrogens (tertiary/aromatic N) is 2. The number of hydrogen-bond acceptors (Lipinski definition) is 5. The molecular formula is C21H25N3O4. The number of hydrogen-bond donors (Lipinski definition) is 1. The van der Waals surface area contributed by atoms with Gasteiger partial charge in [0.15, 0.2) is 0 Å². The van der Waals surface area contributed by atoms with Gasteiger partial charge < -0.3 is 15.0 Å². The average molecular weight is 383 g/mol. The Hall–Kier alpha value is -2.93. The molecule has 0 aromatic heterocycles. The van der Waals surface area contributed by atoms with E-state index in [0.29, 0.717) is 44.1 Å². The first-order valence-corrected chi connectivity index (χ1v) is 9.33. The molecule has 0 spiro atoms. The van der Waals surface area contributed by atoms with Gasteiger partial charge in [-0.15, -0.1) is 0 Å². The Morgan fingerprint density at radius 2 is 1.86 bits per heavy atom. The first-order chi connectivity index (χ1) is 13.4. The van der Waals surface area contributed by atoms with Crippen molar-refractivity contribution in [2.75, 3.05) is 38.2 Å². The molecule has 0 unspecified atom stereocenters. The van der Waals surface area contributed by atoms with Crippen LogP contribution >= 0.6 is 0 Å². The normalized spacial score (nSPS) is 14.6. The quantitative estimate of drug-likeness (QED) is 0.610. The number of morpholine rings is 1. The highest BCUT2D eigenvalue weighted by atomic mass is 16.6. The highest BCUT2D eigenvalue weighted by molar-refractivity contribution is 5.95. The van der Waals surface area contributed by atoms with Crippen molar-refractivity contribution in [1.29, 1.82) is 0 Å². The van der Waals surface area contributed by atoms with Crippen molar-refractivity contribution in [3.8, 4) is 0 Å². The van der Waals surface area contributed by atoms with Gasteiger partial charge in [-0.2, -0.15) is 0 Å². The van der Waals surface area contributed by atoms with Crippen molar-refractivity contribution in [3.63, 3.8) is 0 Å². The van der Waals surface area contributed by atoms with Crippen molar-refractivity contribution in [2.45, 2.75) is 19.3 Å². The zero-order valence-corrected chi connectivity index (χ0v) is 16.2. The maximum Gasteiger partial charge on any atom is 0.293 e. The fourth-order valence-corrected chi connectivity index (χ4v) is 3.22. The predicted molar refractivity (Wildman–Crippen MR) is 108 cm³/mol. The molecule has 0 bridgehead atoms. The average Bonchev–Trinajstić information content (AvgIpc) is 2.73. The Morgan fingerprint density at radius 3 is 2.50 bits per heavy atom. The third-order valence-electron chi connectivity index (χ3n) is 5.02. The predicted octanol–water partition coefficient (Wildman–Crippen LogP) is 3.46. The van der Waals surface area contributed by atoms with E-state index in [1.807, 2.05) is 30.3 Å². The topological polar surface area (TPSA) is 84.7 Å². The molecule has 1 N–H and O–H groups in total. The molecule has 3 rings (SSSR count). The van der Waals surface area contributed by atoms with Crippen molar-refractivity contribution in [2.24, 2.45) is 0 Å². The molecule has 7 heteroatoms. The molecule has 1 fully saturated rings. The molecule has 7 nitrogen and oxygen atoms in total. The number of anilines is 1. The van der Waals surface area contributed by atoms with E-state index in [1.165, 1.54) is 6.07 Å². The van der Waals surface area contributed by atoms with E-state index in [9.17, 15) is 14.9 Å². The van der Waals surface area contributed by atoms with Crippen molar-refractivity contribution in [3.05, 3.63) is 69.8 Å². The van der Waals surface area contributed by atoms with Gasteiger partial charge in [-0.3, -0.25) is 14.9 Å². The zero-order chi connectivity index (χ0) is 20.1. The second-order valence-corrected chi connectivity index (χ2v) is 7.50. The minimum absolute atomic E-state index is 0.0945. The van der Waals surface area contributed by atoms with Crippen LogP contribution in [0.3, 0.4) is 0 Å². The van der Waals surface area contributed by atoms with Crippen LogP contribution in [0.15, 0.2) is 48.5 Å². The molecule has 0 saturated carbocycles. The summed E-state index contributed by atoms with van der Waals surface area (Å²) in [6.07, 6.45) is 0. The minimum atomic E-state index is -0.450. The van der Waals surface area contributed by atoms with Gasteiger partial charge in [-0.05, 0) is 17.7 Å².